The Morgan fingerprint density at radius 1 is 1.15 bits per heavy atom. The number of ketones is 1. The maximum Gasteiger partial charge on any atom is 0.329 e. The minimum atomic E-state index is -0.282. The molecule has 0 N–H and O–H groups in total. The lowest BCUT2D eigenvalue weighted by atomic mass is 10.1. The van der Waals surface area contributed by atoms with Crippen LogP contribution in [0.25, 0.3) is 11.0 Å². The van der Waals surface area contributed by atoms with Crippen molar-refractivity contribution in [3.05, 3.63) is 44.0 Å². The van der Waals surface area contributed by atoms with Crippen LogP contribution in [0.3, 0.4) is 0 Å². The number of hydrogen-bond acceptors (Lipinski definition) is 3. The van der Waals surface area contributed by atoms with E-state index in [2.05, 4.69) is 0 Å². The number of halogens is 2. The summed E-state index contributed by atoms with van der Waals surface area (Å²) in [4.78, 5) is 12.2. The van der Waals surface area contributed by atoms with Gasteiger partial charge >= 0.3 is 5.69 Å². The van der Waals surface area contributed by atoms with Crippen LogP contribution in [0, 0.1) is 23.3 Å². The van der Waals surface area contributed by atoms with Gasteiger partial charge < -0.3 is 10.4 Å². The number of hydrogen-bond donors (Lipinski definition) is 0. The van der Waals surface area contributed by atoms with Crippen molar-refractivity contribution in [1.29, 1.82) is 0 Å². The molecule has 1 aliphatic carbocycles. The number of nitrogens with zero attached hydrogens (tertiary/aromatic N) is 2. The molecule has 0 aliphatic heterocycles. The van der Waals surface area contributed by atoms with Crippen molar-refractivity contribution in [2.75, 3.05) is 0 Å². The molecule has 0 saturated heterocycles. The third kappa shape index (κ3) is 1.89. The minimum Gasteiger partial charge on any atom is -0.618 e. The molecule has 1 aromatic carbocycles. The van der Waals surface area contributed by atoms with E-state index < -0.39 is 0 Å². The fourth-order valence-corrected chi connectivity index (χ4v) is 2.53. The molecule has 20 heavy (non-hydrogen) atoms. The zero-order chi connectivity index (χ0) is 14.6. The van der Waals surface area contributed by atoms with Crippen molar-refractivity contribution in [3.8, 4) is 0 Å². The summed E-state index contributed by atoms with van der Waals surface area (Å²) in [5.74, 6) is -0.427. The zero-order valence-electron chi connectivity index (χ0n) is 10.5. The van der Waals surface area contributed by atoms with Gasteiger partial charge in [0.25, 0.3) is 16.7 Å². The number of fused-ring (bicyclic) bond motifs is 1. The number of benzene rings is 1. The first kappa shape index (κ1) is 13.4. The molecule has 1 heterocycles. The fourth-order valence-electron chi connectivity index (χ4n) is 2.21. The molecular formula is C13H10Cl2N2O3. The van der Waals surface area contributed by atoms with Gasteiger partial charge in [0.15, 0.2) is 0 Å². The zero-order valence-corrected chi connectivity index (χ0v) is 12.0. The van der Waals surface area contributed by atoms with Crippen LogP contribution in [0.15, 0.2) is 12.1 Å². The van der Waals surface area contributed by atoms with Crippen LogP contribution in [0.4, 0.5) is 0 Å². The highest BCUT2D eigenvalue weighted by atomic mass is 35.5. The average Bonchev–Trinajstić information content (AvgIpc) is 3.23. The summed E-state index contributed by atoms with van der Waals surface area (Å²) in [6.07, 6.45) is 1.52. The Balaban J connectivity index is 2.37. The first-order valence-corrected chi connectivity index (χ1v) is 6.86. The number of rotatable bonds is 2. The van der Waals surface area contributed by atoms with Gasteiger partial charge in [-0.25, -0.2) is 0 Å². The third-order valence-electron chi connectivity index (χ3n) is 3.49. The van der Waals surface area contributed by atoms with E-state index in [1.54, 1.807) is 0 Å². The van der Waals surface area contributed by atoms with Crippen LogP contribution >= 0.6 is 23.2 Å². The minimum absolute atomic E-state index is 0.0454. The lowest BCUT2D eigenvalue weighted by molar-refractivity contribution is -0.635. The molecule has 1 aliphatic rings. The molecule has 0 atom stereocenters. The fraction of sp³-hybridized carbons (Fsp3) is 0.308. The number of aromatic nitrogens is 2. The predicted octanol–water partition coefficient (Wildman–Crippen LogP) is 2.31. The second-order valence-electron chi connectivity index (χ2n) is 4.92. The van der Waals surface area contributed by atoms with Crippen molar-refractivity contribution in [1.82, 2.24) is 0 Å². The van der Waals surface area contributed by atoms with Gasteiger partial charge in [-0.15, -0.1) is 0 Å². The summed E-state index contributed by atoms with van der Waals surface area (Å²) < 4.78 is 1.05. The molecule has 7 heteroatoms. The molecular weight excluding hydrogens is 303 g/mol. The Kier molecular flexibility index (Phi) is 2.99. The molecule has 3 rings (SSSR count). The predicted molar refractivity (Wildman–Crippen MR) is 73.7 cm³/mol. The summed E-state index contributed by atoms with van der Waals surface area (Å²) >= 11 is 11.7. The van der Waals surface area contributed by atoms with Crippen LogP contribution < -0.4 is 9.46 Å². The molecule has 1 aromatic heterocycles. The van der Waals surface area contributed by atoms with Gasteiger partial charge in [-0.05, 0) is 12.8 Å². The largest absolute Gasteiger partial charge is 0.618 e. The summed E-state index contributed by atoms with van der Waals surface area (Å²) in [7, 11) is 0. The highest BCUT2D eigenvalue weighted by Crippen LogP contribution is 2.33. The molecule has 104 valence electrons. The average molecular weight is 313 g/mol. The van der Waals surface area contributed by atoms with E-state index in [0.29, 0.717) is 9.46 Å². The molecule has 0 amide bonds. The molecule has 2 aromatic rings. The number of Topliss-reactive ketones (excluding diaryl/α,β-unsaturated/α-hetero) is 1. The molecule has 1 saturated carbocycles. The molecule has 0 unspecified atom stereocenters. The van der Waals surface area contributed by atoms with Crippen molar-refractivity contribution in [2.24, 2.45) is 5.92 Å². The van der Waals surface area contributed by atoms with Crippen LogP contribution in [-0.4, -0.2) is 5.78 Å². The van der Waals surface area contributed by atoms with Crippen LogP contribution in [-0.2, 0) is 0 Å². The van der Waals surface area contributed by atoms with E-state index >= 15 is 0 Å². The van der Waals surface area contributed by atoms with Gasteiger partial charge in [0.2, 0.25) is 5.78 Å². The highest BCUT2D eigenvalue weighted by molar-refractivity contribution is 6.42. The number of carbonyl (C=O) groups is 1. The molecule has 5 nitrogen and oxygen atoms in total. The topological polar surface area (TPSA) is 71.0 Å². The van der Waals surface area contributed by atoms with E-state index in [9.17, 15) is 15.2 Å². The summed E-state index contributed by atoms with van der Waals surface area (Å²) in [5.41, 5.74) is 0.124. The Hall–Kier alpha value is -1.59. The van der Waals surface area contributed by atoms with E-state index in [-0.39, 0.29) is 44.2 Å². The second kappa shape index (κ2) is 4.46. The van der Waals surface area contributed by atoms with Gasteiger partial charge in [-0.2, -0.15) is 9.46 Å². The van der Waals surface area contributed by atoms with E-state index in [0.717, 1.165) is 12.8 Å². The Morgan fingerprint density at radius 3 is 2.15 bits per heavy atom. The van der Waals surface area contributed by atoms with Crippen molar-refractivity contribution >= 4 is 40.0 Å². The summed E-state index contributed by atoms with van der Waals surface area (Å²) in [6.45, 7) is 1.46. The van der Waals surface area contributed by atoms with E-state index in [1.165, 1.54) is 19.1 Å². The van der Waals surface area contributed by atoms with Crippen LogP contribution in [0.1, 0.15) is 29.0 Å². The second-order valence-corrected chi connectivity index (χ2v) is 5.73. The molecule has 0 radical (unpaired) electrons. The van der Waals surface area contributed by atoms with E-state index in [1.807, 2.05) is 0 Å². The lowest BCUT2D eigenvalue weighted by Crippen LogP contribution is -2.46. The highest BCUT2D eigenvalue weighted by Gasteiger charge is 2.40. The van der Waals surface area contributed by atoms with Crippen molar-refractivity contribution < 1.29 is 14.3 Å². The van der Waals surface area contributed by atoms with Gasteiger partial charge in [0.1, 0.15) is 0 Å². The Labute approximate surface area is 124 Å². The van der Waals surface area contributed by atoms with Gasteiger partial charge in [-0.3, -0.25) is 4.79 Å². The molecule has 0 spiro atoms. The third-order valence-corrected chi connectivity index (χ3v) is 4.21. The standard InChI is InChI=1S/C13H10Cl2N2O3/c1-6-12(13(18)7-2-3-7)17(20)11-5-9(15)8(14)4-10(11)16(6)19/h4-5,7H,2-3H2,1H3. The summed E-state index contributed by atoms with van der Waals surface area (Å²) in [6, 6.07) is 2.64. The first-order chi connectivity index (χ1) is 9.41. The lowest BCUT2D eigenvalue weighted by Gasteiger charge is -2.11. The normalized spacial score (nSPS) is 14.8. The SMILES string of the molecule is Cc1c(C(=O)C2CC2)[n+]([O-])c2cc(Cl)c(Cl)cc2[n+]1[O-]. The molecule has 0 bridgehead atoms. The maximum atomic E-state index is 12.4. The van der Waals surface area contributed by atoms with Crippen LogP contribution in [0.5, 0.6) is 0 Å². The van der Waals surface area contributed by atoms with Gasteiger partial charge in [-0.1, -0.05) is 23.2 Å². The quantitative estimate of drug-likeness (QED) is 0.485. The summed E-state index contributed by atoms with van der Waals surface area (Å²) in [5, 5.41) is 25.0. The van der Waals surface area contributed by atoms with Crippen LogP contribution in [0.2, 0.25) is 10.0 Å². The number of carbonyl (C=O) groups excluding carboxylic acids is 1. The van der Waals surface area contributed by atoms with Crippen molar-refractivity contribution in [3.63, 3.8) is 0 Å². The Morgan fingerprint density at radius 2 is 1.65 bits per heavy atom. The van der Waals surface area contributed by atoms with Gasteiger partial charge in [0.05, 0.1) is 10.0 Å². The first-order valence-electron chi connectivity index (χ1n) is 6.10. The Bertz CT molecular complexity index is 757. The van der Waals surface area contributed by atoms with E-state index in [4.69, 9.17) is 23.2 Å². The smallest absolute Gasteiger partial charge is 0.329 e. The monoisotopic (exact) mass is 312 g/mol. The van der Waals surface area contributed by atoms with Gasteiger partial charge in [0, 0.05) is 25.0 Å². The molecule has 1 fully saturated rings. The van der Waals surface area contributed by atoms with Crippen molar-refractivity contribution in [2.45, 2.75) is 19.8 Å². The maximum absolute atomic E-state index is 12.4.